The summed E-state index contributed by atoms with van der Waals surface area (Å²) in [4.78, 5) is 2.39. The fourth-order valence-electron chi connectivity index (χ4n) is 2.55. The monoisotopic (exact) mass is 262 g/mol. The van der Waals surface area contributed by atoms with E-state index in [1.807, 2.05) is 0 Å². The fraction of sp³-hybridized carbons (Fsp3) is 0.647. The number of nitrogens with one attached hydrogen (secondary N) is 1. The molecule has 1 N–H and O–H groups in total. The third-order valence-electron chi connectivity index (χ3n) is 3.92. The number of anilines is 1. The van der Waals surface area contributed by atoms with Gasteiger partial charge in [-0.25, -0.2) is 0 Å². The molecule has 0 aliphatic heterocycles. The van der Waals surface area contributed by atoms with Gasteiger partial charge in [0.2, 0.25) is 0 Å². The van der Waals surface area contributed by atoms with Crippen molar-refractivity contribution in [1.82, 2.24) is 5.32 Å². The van der Waals surface area contributed by atoms with Gasteiger partial charge >= 0.3 is 0 Å². The van der Waals surface area contributed by atoms with Gasteiger partial charge in [-0.1, -0.05) is 26.8 Å². The summed E-state index contributed by atoms with van der Waals surface area (Å²) >= 11 is 0. The zero-order valence-electron chi connectivity index (χ0n) is 13.5. The number of hydrogen-bond acceptors (Lipinski definition) is 2. The molecule has 0 aromatic heterocycles. The predicted octanol–water partition coefficient (Wildman–Crippen LogP) is 3.77. The van der Waals surface area contributed by atoms with Crippen LogP contribution in [0.15, 0.2) is 18.2 Å². The van der Waals surface area contributed by atoms with E-state index in [9.17, 15) is 0 Å². The highest BCUT2D eigenvalue weighted by molar-refractivity contribution is 5.50. The predicted molar refractivity (Wildman–Crippen MR) is 86.1 cm³/mol. The zero-order valence-corrected chi connectivity index (χ0v) is 13.5. The van der Waals surface area contributed by atoms with E-state index >= 15 is 0 Å². The molecule has 0 amide bonds. The molecular formula is C17H30N2. The smallest absolute Gasteiger partial charge is 0.0369 e. The Kier molecular flexibility index (Phi) is 5.86. The molecule has 1 aromatic rings. The van der Waals surface area contributed by atoms with Crippen molar-refractivity contribution >= 4 is 5.69 Å². The summed E-state index contributed by atoms with van der Waals surface area (Å²) in [7, 11) is 2.20. The van der Waals surface area contributed by atoms with Gasteiger partial charge in [0.15, 0.2) is 0 Å². The molecule has 108 valence electrons. The highest BCUT2D eigenvalue weighted by atomic mass is 15.1. The van der Waals surface area contributed by atoms with Crippen molar-refractivity contribution < 1.29 is 0 Å². The molecule has 0 spiro atoms. The lowest BCUT2D eigenvalue weighted by Crippen LogP contribution is -2.40. The summed E-state index contributed by atoms with van der Waals surface area (Å²) < 4.78 is 0. The Morgan fingerprint density at radius 2 is 1.68 bits per heavy atom. The van der Waals surface area contributed by atoms with Crippen LogP contribution >= 0.6 is 0 Å². The summed E-state index contributed by atoms with van der Waals surface area (Å²) in [5.41, 5.74) is 4.33. The molecule has 2 heteroatoms. The molecule has 0 fully saturated rings. The summed E-state index contributed by atoms with van der Waals surface area (Å²) in [5.74, 6) is 0. The molecule has 19 heavy (non-hydrogen) atoms. The lowest BCUT2D eigenvalue weighted by molar-refractivity contribution is 0.302. The molecule has 0 heterocycles. The van der Waals surface area contributed by atoms with Gasteiger partial charge in [0.25, 0.3) is 0 Å². The van der Waals surface area contributed by atoms with Gasteiger partial charge in [0.1, 0.15) is 0 Å². The van der Waals surface area contributed by atoms with E-state index in [2.05, 4.69) is 70.1 Å². The van der Waals surface area contributed by atoms with Gasteiger partial charge in [-0.3, -0.25) is 0 Å². The van der Waals surface area contributed by atoms with E-state index in [1.165, 1.54) is 23.2 Å². The van der Waals surface area contributed by atoms with Crippen molar-refractivity contribution in [2.24, 2.45) is 5.41 Å². The van der Waals surface area contributed by atoms with E-state index in [4.69, 9.17) is 0 Å². The number of hydrogen-bond donors (Lipinski definition) is 1. The van der Waals surface area contributed by atoms with Crippen LogP contribution < -0.4 is 10.2 Å². The first-order chi connectivity index (χ1) is 8.90. The number of benzene rings is 1. The van der Waals surface area contributed by atoms with E-state index in [-0.39, 0.29) is 0 Å². The van der Waals surface area contributed by atoms with Gasteiger partial charge in [-0.2, -0.15) is 0 Å². The summed E-state index contributed by atoms with van der Waals surface area (Å²) in [6.45, 7) is 14.4. The molecule has 0 radical (unpaired) electrons. The van der Waals surface area contributed by atoms with Crippen LogP contribution in [0.25, 0.3) is 0 Å². The maximum atomic E-state index is 3.49. The van der Waals surface area contributed by atoms with Crippen molar-refractivity contribution in [3.05, 3.63) is 29.3 Å². The third-order valence-corrected chi connectivity index (χ3v) is 3.92. The normalized spacial score (nSPS) is 14.2. The number of rotatable bonds is 7. The van der Waals surface area contributed by atoms with Crippen molar-refractivity contribution in [2.75, 3.05) is 31.6 Å². The molecule has 2 nitrogen and oxygen atoms in total. The van der Waals surface area contributed by atoms with Crippen LogP contribution in [0, 0.1) is 19.3 Å². The second-order valence-electron chi connectivity index (χ2n) is 6.15. The molecule has 1 unspecified atom stereocenters. The average Bonchev–Trinajstić information content (AvgIpc) is 2.35. The molecule has 0 aliphatic carbocycles. The lowest BCUT2D eigenvalue weighted by atomic mass is 9.86. The molecule has 0 saturated carbocycles. The topological polar surface area (TPSA) is 15.3 Å². The van der Waals surface area contributed by atoms with Crippen molar-refractivity contribution in [2.45, 2.75) is 41.0 Å². The first-order valence-corrected chi connectivity index (χ1v) is 7.40. The minimum Gasteiger partial charge on any atom is -0.374 e. The standard InChI is InChI=1S/C17H30N2/c1-7-17(5,12-18-8-2)13-19(6)16-10-14(3)9-15(4)11-16/h9-11,18H,7-8,12-13H2,1-6H3. The minimum atomic E-state index is 0.322. The Morgan fingerprint density at radius 3 is 2.16 bits per heavy atom. The van der Waals surface area contributed by atoms with Gasteiger partial charge in [-0.15, -0.1) is 0 Å². The third kappa shape index (κ3) is 4.87. The quantitative estimate of drug-likeness (QED) is 0.805. The van der Waals surface area contributed by atoms with Crippen LogP contribution in [0.1, 0.15) is 38.3 Å². The van der Waals surface area contributed by atoms with Crippen molar-refractivity contribution in [3.8, 4) is 0 Å². The van der Waals surface area contributed by atoms with Gasteiger partial charge < -0.3 is 10.2 Å². The fourth-order valence-corrected chi connectivity index (χ4v) is 2.55. The van der Waals surface area contributed by atoms with Crippen LogP contribution in [0.2, 0.25) is 0 Å². The van der Waals surface area contributed by atoms with Crippen LogP contribution in [0.5, 0.6) is 0 Å². The van der Waals surface area contributed by atoms with Crippen LogP contribution in [-0.2, 0) is 0 Å². The van der Waals surface area contributed by atoms with Crippen LogP contribution in [0.3, 0.4) is 0 Å². The lowest BCUT2D eigenvalue weighted by Gasteiger charge is -2.34. The van der Waals surface area contributed by atoms with E-state index in [0.29, 0.717) is 5.41 Å². The van der Waals surface area contributed by atoms with Crippen LogP contribution in [0.4, 0.5) is 5.69 Å². The minimum absolute atomic E-state index is 0.322. The number of nitrogens with zero attached hydrogens (tertiary/aromatic N) is 1. The number of aryl methyl sites for hydroxylation is 2. The summed E-state index contributed by atoms with van der Waals surface area (Å²) in [5, 5.41) is 3.49. The molecule has 0 bridgehead atoms. The molecule has 1 atom stereocenters. The Bertz CT molecular complexity index is 380. The maximum absolute atomic E-state index is 3.49. The van der Waals surface area contributed by atoms with Gasteiger partial charge in [-0.05, 0) is 55.5 Å². The van der Waals surface area contributed by atoms with Crippen molar-refractivity contribution in [3.63, 3.8) is 0 Å². The SMILES string of the molecule is CCNCC(C)(CC)CN(C)c1cc(C)cc(C)c1. The largest absolute Gasteiger partial charge is 0.374 e. The first kappa shape index (κ1) is 16.0. The highest BCUT2D eigenvalue weighted by Gasteiger charge is 2.23. The second-order valence-corrected chi connectivity index (χ2v) is 6.15. The Morgan fingerprint density at radius 1 is 1.11 bits per heavy atom. The van der Waals surface area contributed by atoms with Crippen LogP contribution in [-0.4, -0.2) is 26.7 Å². The molecule has 1 aromatic carbocycles. The maximum Gasteiger partial charge on any atom is 0.0369 e. The second kappa shape index (κ2) is 6.95. The average molecular weight is 262 g/mol. The van der Waals surface area contributed by atoms with E-state index < -0.39 is 0 Å². The molecular weight excluding hydrogens is 232 g/mol. The van der Waals surface area contributed by atoms with Gasteiger partial charge in [0.05, 0.1) is 0 Å². The Labute approximate surface area is 119 Å². The Balaban J connectivity index is 2.78. The highest BCUT2D eigenvalue weighted by Crippen LogP contribution is 2.25. The van der Waals surface area contributed by atoms with Gasteiger partial charge in [0, 0.05) is 25.8 Å². The van der Waals surface area contributed by atoms with E-state index in [0.717, 1.165) is 19.6 Å². The zero-order chi connectivity index (χ0) is 14.5. The van der Waals surface area contributed by atoms with E-state index in [1.54, 1.807) is 0 Å². The Hall–Kier alpha value is -1.02. The first-order valence-electron chi connectivity index (χ1n) is 7.40. The molecule has 0 aliphatic rings. The van der Waals surface area contributed by atoms with Crippen molar-refractivity contribution in [1.29, 1.82) is 0 Å². The summed E-state index contributed by atoms with van der Waals surface area (Å²) in [6, 6.07) is 6.78. The molecule has 0 saturated heterocycles. The molecule has 1 rings (SSSR count). The summed E-state index contributed by atoms with van der Waals surface area (Å²) in [6.07, 6.45) is 1.19.